The predicted octanol–water partition coefficient (Wildman–Crippen LogP) is 15.0. The summed E-state index contributed by atoms with van der Waals surface area (Å²) in [5, 5.41) is 13.2. The van der Waals surface area contributed by atoms with Gasteiger partial charge in [0.1, 0.15) is 5.75 Å². The summed E-state index contributed by atoms with van der Waals surface area (Å²) in [5.74, 6) is 0.489. The number of fused-ring (bicyclic) bond motifs is 4. The quantitative estimate of drug-likeness (QED) is 0.0198. The molecule has 34 nitrogen and oxygen atoms in total. The van der Waals surface area contributed by atoms with Gasteiger partial charge in [-0.05, 0) is 190 Å². The van der Waals surface area contributed by atoms with Crippen LogP contribution < -0.4 is 57.9 Å². The first-order valence-electron chi connectivity index (χ1n) is 45.6. The first-order valence-corrected chi connectivity index (χ1v) is 46.5. The number of rotatable bonds is 31. The summed E-state index contributed by atoms with van der Waals surface area (Å²) < 4.78 is 22.8. The highest BCUT2D eigenvalue weighted by atomic mass is 32.1. The molecule has 4 aliphatic rings. The second kappa shape index (κ2) is 46.2. The summed E-state index contributed by atoms with van der Waals surface area (Å²) in [6.07, 6.45) is 26.9. The van der Waals surface area contributed by atoms with Gasteiger partial charge >= 0.3 is 0 Å². The smallest absolute Gasteiger partial charge is 0.293 e. The number of nitrogens with two attached hydrogens (primary N) is 3. The molecule has 0 unspecified atom stereocenters. The molecule has 10 N–H and O–H groups in total. The second-order valence-electron chi connectivity index (χ2n) is 34.2. The zero-order valence-corrected chi connectivity index (χ0v) is 77.0. The molecule has 0 bridgehead atoms. The molecule has 12 aromatic rings. The van der Waals surface area contributed by atoms with Gasteiger partial charge in [0.15, 0.2) is 5.76 Å². The van der Waals surface area contributed by atoms with Crippen LogP contribution in [-0.4, -0.2) is 162 Å². The molecule has 11 amide bonds. The number of methoxy groups -OCH3 is 2. The van der Waals surface area contributed by atoms with Gasteiger partial charge in [0.2, 0.25) is 65.1 Å². The molecule has 0 saturated heterocycles. The number of furan rings is 1. The van der Waals surface area contributed by atoms with Crippen molar-refractivity contribution in [1.29, 1.82) is 0 Å². The Morgan fingerprint density at radius 2 is 0.827 bits per heavy atom. The third-order valence-electron chi connectivity index (χ3n) is 24.9. The lowest BCUT2D eigenvalue weighted by atomic mass is 9.88. The molecule has 35 heteroatoms. The van der Waals surface area contributed by atoms with Gasteiger partial charge in [0.05, 0.1) is 67.9 Å². The van der Waals surface area contributed by atoms with E-state index in [0.717, 1.165) is 159 Å². The Morgan fingerprint density at radius 1 is 0.429 bits per heavy atom. The molecule has 4 saturated carbocycles. The van der Waals surface area contributed by atoms with Crippen molar-refractivity contribution in [2.75, 3.05) is 85.0 Å². The third-order valence-corrected chi connectivity index (χ3v) is 25.8. The Hall–Kier alpha value is -14.0. The summed E-state index contributed by atoms with van der Waals surface area (Å²) >= 11 is 1.34. The minimum absolute atomic E-state index is 0.0527. The second-order valence-corrected chi connectivity index (χ2v) is 35.1. The SMILES string of the molecule is CN(C(=O)C1CCCCC1)c1ccc2c(c1)nc(NC(=O)c1ccco1)n2CCC(N)=O.CN(C(=O)C1CCCCC1)c1ccc2c(c1)nc(NC(=O)c1cccs1)n2CCC(N)=O.COCCCn1c(NC(=O)c2cccnc2)nc2cc(CN(C)C(=O)C3CCCCC3)ccc21.COc1ccc(C(=O)Nc2nc3cc(N(C)C(=O)C4CCCCC4)ccc3n2CCC(N)=O)cc1. The van der Waals surface area contributed by atoms with E-state index >= 15 is 0 Å². The van der Waals surface area contributed by atoms with Crippen LogP contribution in [0.2, 0.25) is 0 Å². The van der Waals surface area contributed by atoms with Crippen molar-refractivity contribution in [2.45, 2.75) is 187 Å². The maximum atomic E-state index is 13.0. The van der Waals surface area contributed by atoms with Gasteiger partial charge in [0, 0.05) is 153 Å². The monoisotopic (exact) mass is 1830 g/mol. The molecule has 0 radical (unpaired) electrons. The number of aromatic nitrogens is 9. The maximum absolute atomic E-state index is 13.0. The van der Waals surface area contributed by atoms with Crippen LogP contribution in [0.1, 0.15) is 201 Å². The minimum atomic E-state index is -0.454. The fraction of sp³-hybridized carbons (Fsp3) is 0.408. The van der Waals surface area contributed by atoms with E-state index in [0.29, 0.717) is 82.4 Å². The number of aryl methyl sites for hydroxylation is 4. The number of anilines is 7. The highest BCUT2D eigenvalue weighted by Gasteiger charge is 2.32. The van der Waals surface area contributed by atoms with E-state index in [1.54, 1.807) is 131 Å². The highest BCUT2D eigenvalue weighted by Crippen LogP contribution is 2.36. The van der Waals surface area contributed by atoms with E-state index < -0.39 is 23.6 Å². The van der Waals surface area contributed by atoms with Gasteiger partial charge in [-0.15, -0.1) is 11.3 Å². The fourth-order valence-corrected chi connectivity index (χ4v) is 18.2. The first-order chi connectivity index (χ1) is 64.3. The molecule has 16 rings (SSSR count). The lowest BCUT2D eigenvalue weighted by Gasteiger charge is -2.26. The van der Waals surface area contributed by atoms with E-state index in [1.165, 1.54) is 49.5 Å². The van der Waals surface area contributed by atoms with Crippen LogP contribution in [0.4, 0.5) is 40.9 Å². The molecule has 4 fully saturated rings. The fourth-order valence-electron chi connectivity index (χ4n) is 17.6. The maximum Gasteiger partial charge on any atom is 0.293 e. The van der Waals surface area contributed by atoms with Gasteiger partial charge in [-0.2, -0.15) is 0 Å². The van der Waals surface area contributed by atoms with Crippen molar-refractivity contribution in [1.82, 2.24) is 48.1 Å². The lowest BCUT2D eigenvalue weighted by Crippen LogP contribution is -2.33. The van der Waals surface area contributed by atoms with Crippen molar-refractivity contribution in [3.8, 4) is 5.75 Å². The van der Waals surface area contributed by atoms with Crippen LogP contribution in [0.25, 0.3) is 44.1 Å². The highest BCUT2D eigenvalue weighted by molar-refractivity contribution is 7.12. The number of carbonyl (C=O) groups excluding carboxylic acids is 11. The average molecular weight is 1830 g/mol. The van der Waals surface area contributed by atoms with Crippen LogP contribution >= 0.6 is 11.3 Å². The number of nitrogens with zero attached hydrogens (tertiary/aromatic N) is 13. The van der Waals surface area contributed by atoms with Crippen LogP contribution in [0.3, 0.4) is 0 Å². The number of pyridine rings is 1. The summed E-state index contributed by atoms with van der Waals surface area (Å²) in [6.45, 7) is 2.63. The minimum Gasteiger partial charge on any atom is -0.497 e. The van der Waals surface area contributed by atoms with Gasteiger partial charge in [-0.25, -0.2) is 19.9 Å². The molecule has 133 heavy (non-hydrogen) atoms. The standard InChI is InChI=1S/C26H31N5O4.C26H33N5O3.C23H27N5O4.C23H27N5O3S/c1-30(25(34)18-6-4-3-5-7-18)19-10-13-22-21(16-19)28-26(31(22)15-14-23(27)32)29-24(33)17-8-11-20(35-2)12-9-17;1-30(25(33)20-8-4-3-5-9-20)18-19-11-12-23-22(16-19)28-26(31(23)14-7-15-34-2)29-24(32)21-10-6-13-27-17-21;2*1-27(22(31)15-6-3-2-4-7-15)16-9-10-18-17(14-16)25-23(28(18)12-11-20(24)29)26-21(30)19-8-5-13-32-19/h8-13,16,18H,3-7,14-15H2,1-2H3,(H2,27,32)(H,28,29,33);6,10-13,16-17,20H,3-5,7-9,14-15,18H2,1-2H3,(H,28,29,32);2*5,8-10,13-15H,2-4,6-7,11-12H2,1H3,(H2,24,29)(H,25,26,30). The molecule has 0 aliphatic heterocycles. The van der Waals surface area contributed by atoms with Gasteiger partial charge in [-0.1, -0.05) is 89.2 Å². The molecule has 7 heterocycles. The Kier molecular flexibility index (Phi) is 33.6. The number of primary amides is 3. The molecule has 0 atom stereocenters. The normalized spacial score (nSPS) is 14.3. The van der Waals surface area contributed by atoms with Crippen molar-refractivity contribution < 1.29 is 66.6 Å². The van der Waals surface area contributed by atoms with Crippen LogP contribution in [0, 0.1) is 23.7 Å². The number of hydrogen-bond donors (Lipinski definition) is 7. The molecule has 5 aromatic carbocycles. The predicted molar refractivity (Wildman–Crippen MR) is 512 cm³/mol. The number of carbonyl (C=O) groups is 11. The van der Waals surface area contributed by atoms with Crippen molar-refractivity contribution >= 4 is 161 Å². The van der Waals surface area contributed by atoms with Crippen molar-refractivity contribution in [3.05, 3.63) is 185 Å². The van der Waals surface area contributed by atoms with Crippen molar-refractivity contribution in [2.24, 2.45) is 40.9 Å². The van der Waals surface area contributed by atoms with Crippen LogP contribution in [0.15, 0.2) is 162 Å². The third kappa shape index (κ3) is 25.0. The van der Waals surface area contributed by atoms with Gasteiger partial charge in [-0.3, -0.25) is 79.0 Å². The van der Waals surface area contributed by atoms with Crippen molar-refractivity contribution in [3.63, 3.8) is 0 Å². The first kappa shape index (κ1) is 96.6. The van der Waals surface area contributed by atoms with Gasteiger partial charge in [0.25, 0.3) is 23.6 Å². The van der Waals surface area contributed by atoms with E-state index in [1.807, 2.05) is 94.7 Å². The number of amides is 11. The molecular weight excluding hydrogens is 1710 g/mol. The Labute approximate surface area is 775 Å². The number of nitrogens with one attached hydrogen (secondary N) is 4. The molecular formula is C98H118N20O14S. The number of imidazole rings is 4. The number of thiophene rings is 1. The Bertz CT molecular complexity index is 5900. The number of benzene rings is 5. The summed E-state index contributed by atoms with van der Waals surface area (Å²) in [5.41, 5.74) is 26.0. The topological polar surface area (TPSA) is 443 Å². The largest absolute Gasteiger partial charge is 0.497 e. The number of ether oxygens (including phenoxy) is 2. The van der Waals surface area contributed by atoms with E-state index in [4.69, 9.17) is 36.1 Å². The molecule has 4 aliphatic carbocycles. The van der Waals surface area contributed by atoms with Crippen LogP contribution in [-0.2, 0) is 71.0 Å². The Balaban J connectivity index is 0.000000151. The van der Waals surface area contributed by atoms with E-state index in [2.05, 4.69) is 41.2 Å². The van der Waals surface area contributed by atoms with Crippen LogP contribution in [0.5, 0.6) is 5.75 Å². The van der Waals surface area contributed by atoms with E-state index in [-0.39, 0.29) is 109 Å². The summed E-state index contributed by atoms with van der Waals surface area (Å²) in [7, 11) is 10.5. The Morgan fingerprint density at radius 3 is 1.21 bits per heavy atom. The molecule has 7 aromatic heterocycles. The lowest BCUT2D eigenvalue weighted by molar-refractivity contribution is -0.135. The van der Waals surface area contributed by atoms with E-state index in [9.17, 15) is 52.7 Å². The molecule has 700 valence electrons. The summed E-state index contributed by atoms with van der Waals surface area (Å²) in [4.78, 5) is 167. The average Bonchev–Trinajstić information content (AvgIpc) is 1.65. The zero-order valence-electron chi connectivity index (χ0n) is 76.2. The summed E-state index contributed by atoms with van der Waals surface area (Å²) in [6, 6.07) is 39.6. The van der Waals surface area contributed by atoms with Gasteiger partial charge < -0.3 is 69.0 Å². The number of hydrogen-bond acceptors (Lipinski definition) is 20. The zero-order chi connectivity index (χ0) is 94.2. The molecule has 0 spiro atoms.